The van der Waals surface area contributed by atoms with E-state index in [0.717, 1.165) is 24.3 Å². The highest BCUT2D eigenvalue weighted by Gasteiger charge is 2.41. The van der Waals surface area contributed by atoms with Gasteiger partial charge in [0.25, 0.3) is 0 Å². The van der Waals surface area contributed by atoms with Gasteiger partial charge in [-0.15, -0.1) is 0 Å². The normalized spacial score (nSPS) is 32.2. The van der Waals surface area contributed by atoms with Crippen molar-refractivity contribution in [3.05, 3.63) is 0 Å². The lowest BCUT2D eigenvalue weighted by Crippen LogP contribution is -2.56. The second kappa shape index (κ2) is 6.58. The van der Waals surface area contributed by atoms with Crippen molar-refractivity contribution in [2.45, 2.75) is 71.3 Å². The van der Waals surface area contributed by atoms with Gasteiger partial charge in [-0.1, -0.05) is 20.8 Å². The Morgan fingerprint density at radius 3 is 2.21 bits per heavy atom. The molecule has 0 aromatic heterocycles. The zero-order valence-electron chi connectivity index (χ0n) is 13.3. The van der Waals surface area contributed by atoms with E-state index >= 15 is 0 Å². The van der Waals surface area contributed by atoms with Crippen molar-refractivity contribution >= 4 is 0 Å². The summed E-state index contributed by atoms with van der Waals surface area (Å²) in [6, 6.07) is 0. The van der Waals surface area contributed by atoms with Crippen LogP contribution in [0.2, 0.25) is 0 Å². The van der Waals surface area contributed by atoms with E-state index in [4.69, 9.17) is 5.73 Å². The van der Waals surface area contributed by atoms with Crippen molar-refractivity contribution in [2.75, 3.05) is 19.6 Å². The molecule has 2 aliphatic rings. The first-order valence-electron chi connectivity index (χ1n) is 8.56. The minimum atomic E-state index is 0.337. The maximum Gasteiger partial charge on any atom is 0.0332 e. The van der Waals surface area contributed by atoms with Gasteiger partial charge in [-0.2, -0.15) is 0 Å². The van der Waals surface area contributed by atoms with Crippen LogP contribution in [0.25, 0.3) is 0 Å². The molecular formula is C17H34N2. The molecule has 0 unspecified atom stereocenters. The van der Waals surface area contributed by atoms with E-state index in [9.17, 15) is 0 Å². The van der Waals surface area contributed by atoms with Gasteiger partial charge in [-0.05, 0) is 69.2 Å². The van der Waals surface area contributed by atoms with Gasteiger partial charge in [0.05, 0.1) is 0 Å². The highest BCUT2D eigenvalue weighted by molar-refractivity contribution is 4.97. The Kier molecular flexibility index (Phi) is 5.30. The zero-order valence-corrected chi connectivity index (χ0v) is 13.3. The first-order valence-corrected chi connectivity index (χ1v) is 8.56. The fourth-order valence-corrected chi connectivity index (χ4v) is 3.90. The Labute approximate surface area is 120 Å². The summed E-state index contributed by atoms with van der Waals surface area (Å²) in [6.07, 6.45) is 9.62. The van der Waals surface area contributed by atoms with Gasteiger partial charge in [-0.25, -0.2) is 0 Å². The summed E-state index contributed by atoms with van der Waals surface area (Å²) < 4.78 is 0. The average Bonchev–Trinajstić information content (AvgIpc) is 3.22. The molecule has 112 valence electrons. The molecule has 2 fully saturated rings. The molecule has 0 amide bonds. The SMILES string of the molecule is CCCN(CC1CC1)C1(CN)CCC(C(C)C)CC1. The van der Waals surface area contributed by atoms with Gasteiger partial charge in [0, 0.05) is 18.6 Å². The molecular weight excluding hydrogens is 232 g/mol. The van der Waals surface area contributed by atoms with Crippen LogP contribution in [-0.2, 0) is 0 Å². The molecule has 0 spiro atoms. The Morgan fingerprint density at radius 1 is 1.16 bits per heavy atom. The predicted molar refractivity (Wildman–Crippen MR) is 83.2 cm³/mol. The molecule has 2 nitrogen and oxygen atoms in total. The van der Waals surface area contributed by atoms with Crippen LogP contribution in [0.1, 0.15) is 65.7 Å². The third-order valence-corrected chi connectivity index (χ3v) is 5.62. The number of hydrogen-bond donors (Lipinski definition) is 1. The molecule has 2 saturated carbocycles. The zero-order chi connectivity index (χ0) is 13.9. The molecule has 0 radical (unpaired) electrons. The standard InChI is InChI=1S/C17H34N2/c1-4-11-19(12-15-5-6-15)17(13-18)9-7-16(8-10-17)14(2)3/h14-16H,4-13,18H2,1-3H3. The maximum absolute atomic E-state index is 6.25. The lowest BCUT2D eigenvalue weighted by atomic mass is 9.72. The third kappa shape index (κ3) is 3.72. The van der Waals surface area contributed by atoms with Crippen LogP contribution in [0.3, 0.4) is 0 Å². The molecule has 19 heavy (non-hydrogen) atoms. The van der Waals surface area contributed by atoms with E-state index in [1.54, 1.807) is 0 Å². The molecule has 0 bridgehead atoms. The summed E-state index contributed by atoms with van der Waals surface area (Å²) in [7, 11) is 0. The molecule has 2 heteroatoms. The molecule has 0 aromatic carbocycles. The van der Waals surface area contributed by atoms with Gasteiger partial charge in [0.1, 0.15) is 0 Å². The van der Waals surface area contributed by atoms with E-state index in [1.165, 1.54) is 58.0 Å². The van der Waals surface area contributed by atoms with Gasteiger partial charge in [-0.3, -0.25) is 4.90 Å². The molecule has 0 aliphatic heterocycles. The molecule has 2 N–H and O–H groups in total. The van der Waals surface area contributed by atoms with Gasteiger partial charge in [0.2, 0.25) is 0 Å². The minimum absolute atomic E-state index is 0.337. The Morgan fingerprint density at radius 2 is 1.79 bits per heavy atom. The summed E-state index contributed by atoms with van der Waals surface area (Å²) in [5, 5.41) is 0. The van der Waals surface area contributed by atoms with Gasteiger partial charge >= 0.3 is 0 Å². The summed E-state index contributed by atoms with van der Waals surface area (Å²) in [5.74, 6) is 2.76. The van der Waals surface area contributed by atoms with Gasteiger partial charge in [0.15, 0.2) is 0 Å². The molecule has 0 atom stereocenters. The molecule has 2 rings (SSSR count). The quantitative estimate of drug-likeness (QED) is 0.762. The van der Waals surface area contributed by atoms with E-state index in [2.05, 4.69) is 25.7 Å². The Hall–Kier alpha value is -0.0800. The molecule has 0 heterocycles. The first-order chi connectivity index (χ1) is 9.11. The minimum Gasteiger partial charge on any atom is -0.329 e. The largest absolute Gasteiger partial charge is 0.329 e. The van der Waals surface area contributed by atoms with E-state index in [1.807, 2.05) is 0 Å². The Bertz CT molecular complexity index is 262. The van der Waals surface area contributed by atoms with Crippen LogP contribution in [0.5, 0.6) is 0 Å². The van der Waals surface area contributed by atoms with Crippen LogP contribution in [0.15, 0.2) is 0 Å². The lowest BCUT2D eigenvalue weighted by Gasteiger charge is -2.48. The van der Waals surface area contributed by atoms with Crippen molar-refractivity contribution in [1.29, 1.82) is 0 Å². The predicted octanol–water partition coefficient (Wildman–Crippen LogP) is 3.65. The van der Waals surface area contributed by atoms with E-state index < -0.39 is 0 Å². The van der Waals surface area contributed by atoms with E-state index in [0.29, 0.717) is 5.54 Å². The maximum atomic E-state index is 6.25. The topological polar surface area (TPSA) is 29.3 Å². The fourth-order valence-electron chi connectivity index (χ4n) is 3.90. The van der Waals surface area contributed by atoms with Crippen molar-refractivity contribution in [1.82, 2.24) is 4.90 Å². The molecule has 0 saturated heterocycles. The van der Waals surface area contributed by atoms with Crippen molar-refractivity contribution in [2.24, 2.45) is 23.5 Å². The molecule has 0 aromatic rings. The van der Waals surface area contributed by atoms with Crippen molar-refractivity contribution in [3.8, 4) is 0 Å². The third-order valence-electron chi connectivity index (χ3n) is 5.62. The van der Waals surface area contributed by atoms with Crippen LogP contribution >= 0.6 is 0 Å². The second-order valence-electron chi connectivity index (χ2n) is 7.40. The second-order valence-corrected chi connectivity index (χ2v) is 7.40. The summed E-state index contributed by atoms with van der Waals surface area (Å²) in [6.45, 7) is 10.5. The highest BCUT2D eigenvalue weighted by Crippen LogP contribution is 2.41. The smallest absolute Gasteiger partial charge is 0.0332 e. The number of nitrogens with zero attached hydrogens (tertiary/aromatic N) is 1. The van der Waals surface area contributed by atoms with Gasteiger partial charge < -0.3 is 5.73 Å². The molecule has 2 aliphatic carbocycles. The summed E-state index contributed by atoms with van der Waals surface area (Å²) >= 11 is 0. The van der Waals surface area contributed by atoms with Crippen molar-refractivity contribution in [3.63, 3.8) is 0 Å². The highest BCUT2D eigenvalue weighted by atomic mass is 15.2. The van der Waals surface area contributed by atoms with Crippen LogP contribution in [0.4, 0.5) is 0 Å². The number of nitrogens with two attached hydrogens (primary N) is 1. The summed E-state index contributed by atoms with van der Waals surface area (Å²) in [4.78, 5) is 2.78. The monoisotopic (exact) mass is 266 g/mol. The fraction of sp³-hybridized carbons (Fsp3) is 1.00. The number of hydrogen-bond acceptors (Lipinski definition) is 2. The summed E-state index contributed by atoms with van der Waals surface area (Å²) in [5.41, 5.74) is 6.58. The average molecular weight is 266 g/mol. The Balaban J connectivity index is 1.98. The van der Waals surface area contributed by atoms with Crippen molar-refractivity contribution < 1.29 is 0 Å². The van der Waals surface area contributed by atoms with E-state index in [-0.39, 0.29) is 0 Å². The number of rotatable bonds is 7. The lowest BCUT2D eigenvalue weighted by molar-refractivity contribution is 0.0310. The first kappa shape index (κ1) is 15.3. The van der Waals surface area contributed by atoms with Crippen LogP contribution in [-0.4, -0.2) is 30.1 Å². The van der Waals surface area contributed by atoms with Crippen LogP contribution < -0.4 is 5.73 Å². The van der Waals surface area contributed by atoms with Crippen LogP contribution in [0, 0.1) is 17.8 Å².